The van der Waals surface area contributed by atoms with Gasteiger partial charge in [0.25, 0.3) is 5.91 Å². The van der Waals surface area contributed by atoms with Crippen molar-refractivity contribution < 1.29 is 13.2 Å². The standard InChI is InChI=1S/C20H16N4O3S/c21-12-14-6-8-15(9-7-14)22-20(25)19-17-13-28(26,27)11-10-18(17)24(23-19)16-4-2-1-3-5-16/h1-9H,10-11,13H2,(H,22,25). The number of hydrogen-bond donors (Lipinski definition) is 1. The van der Waals surface area contributed by atoms with E-state index in [1.807, 2.05) is 36.4 Å². The van der Waals surface area contributed by atoms with Crippen molar-refractivity contribution in [3.63, 3.8) is 0 Å². The minimum atomic E-state index is -3.27. The molecule has 28 heavy (non-hydrogen) atoms. The Balaban J connectivity index is 1.74. The van der Waals surface area contributed by atoms with Crippen LogP contribution < -0.4 is 5.32 Å². The van der Waals surface area contributed by atoms with Crippen molar-refractivity contribution in [1.29, 1.82) is 5.26 Å². The molecule has 3 aromatic rings. The van der Waals surface area contributed by atoms with Crippen LogP contribution in [0.4, 0.5) is 5.69 Å². The van der Waals surface area contributed by atoms with Gasteiger partial charge in [-0.1, -0.05) is 18.2 Å². The third kappa shape index (κ3) is 3.40. The number of carbonyl (C=O) groups is 1. The van der Waals surface area contributed by atoms with E-state index in [4.69, 9.17) is 5.26 Å². The van der Waals surface area contributed by atoms with Gasteiger partial charge in [-0.05, 0) is 36.4 Å². The van der Waals surface area contributed by atoms with E-state index in [-0.39, 0.29) is 17.2 Å². The first-order chi connectivity index (χ1) is 13.5. The minimum absolute atomic E-state index is 0.0369. The second-order valence-corrected chi connectivity index (χ2v) is 8.69. The van der Waals surface area contributed by atoms with Crippen LogP contribution in [0.3, 0.4) is 0 Å². The molecule has 0 bridgehead atoms. The average molecular weight is 392 g/mol. The van der Waals surface area contributed by atoms with Crippen molar-refractivity contribution in [2.24, 2.45) is 0 Å². The van der Waals surface area contributed by atoms with Gasteiger partial charge in [-0.3, -0.25) is 4.79 Å². The summed E-state index contributed by atoms with van der Waals surface area (Å²) in [4.78, 5) is 12.8. The molecule has 0 spiro atoms. The van der Waals surface area contributed by atoms with Crippen molar-refractivity contribution in [2.75, 3.05) is 11.1 Å². The highest BCUT2D eigenvalue weighted by molar-refractivity contribution is 7.90. The summed E-state index contributed by atoms with van der Waals surface area (Å²) in [5.41, 5.74) is 3.05. The number of fused-ring (bicyclic) bond motifs is 1. The Hall–Kier alpha value is -3.44. The topological polar surface area (TPSA) is 105 Å². The summed E-state index contributed by atoms with van der Waals surface area (Å²) in [6, 6.07) is 17.8. The number of rotatable bonds is 3. The third-order valence-corrected chi connectivity index (χ3v) is 6.15. The van der Waals surface area contributed by atoms with Gasteiger partial charge in [-0.15, -0.1) is 0 Å². The fourth-order valence-electron chi connectivity index (χ4n) is 3.22. The molecule has 0 fully saturated rings. The predicted molar refractivity (Wildman–Crippen MR) is 104 cm³/mol. The molecule has 1 amide bonds. The summed E-state index contributed by atoms with van der Waals surface area (Å²) in [6.45, 7) is 0. The zero-order valence-corrected chi connectivity index (χ0v) is 15.6. The number of benzene rings is 2. The zero-order valence-electron chi connectivity index (χ0n) is 14.8. The predicted octanol–water partition coefficient (Wildman–Crippen LogP) is 2.47. The Morgan fingerprint density at radius 3 is 2.50 bits per heavy atom. The third-order valence-electron chi connectivity index (χ3n) is 4.59. The van der Waals surface area contributed by atoms with Gasteiger partial charge in [0.15, 0.2) is 15.5 Å². The summed E-state index contributed by atoms with van der Waals surface area (Å²) in [5.74, 6) is -0.645. The first-order valence-corrected chi connectivity index (χ1v) is 10.5. The van der Waals surface area contributed by atoms with E-state index < -0.39 is 15.7 Å². The lowest BCUT2D eigenvalue weighted by atomic mass is 10.1. The molecule has 7 nitrogen and oxygen atoms in total. The number of nitrogens with one attached hydrogen (secondary N) is 1. The number of para-hydroxylation sites is 1. The van der Waals surface area contributed by atoms with Gasteiger partial charge >= 0.3 is 0 Å². The van der Waals surface area contributed by atoms with Gasteiger partial charge in [0, 0.05) is 17.7 Å². The van der Waals surface area contributed by atoms with Crippen molar-refractivity contribution in [2.45, 2.75) is 12.2 Å². The van der Waals surface area contributed by atoms with Crippen LogP contribution in [0.15, 0.2) is 54.6 Å². The summed E-state index contributed by atoms with van der Waals surface area (Å²) in [5, 5.41) is 16.1. The quantitative estimate of drug-likeness (QED) is 0.737. The maximum absolute atomic E-state index is 12.8. The van der Waals surface area contributed by atoms with Crippen LogP contribution in [0.25, 0.3) is 5.69 Å². The molecule has 0 atom stereocenters. The van der Waals surface area contributed by atoms with Crippen molar-refractivity contribution in [3.8, 4) is 11.8 Å². The molecule has 2 aromatic carbocycles. The van der Waals surface area contributed by atoms with E-state index in [1.165, 1.54) is 0 Å². The first-order valence-electron chi connectivity index (χ1n) is 8.65. The summed E-state index contributed by atoms with van der Waals surface area (Å²) in [7, 11) is -3.27. The molecule has 0 radical (unpaired) electrons. The number of hydrogen-bond acceptors (Lipinski definition) is 5. The van der Waals surface area contributed by atoms with Crippen LogP contribution in [0, 0.1) is 11.3 Å². The fraction of sp³-hybridized carbons (Fsp3) is 0.150. The van der Waals surface area contributed by atoms with Crippen LogP contribution in [0.5, 0.6) is 0 Å². The molecule has 1 N–H and O–H groups in total. The molecular formula is C20H16N4O3S. The second kappa shape index (κ2) is 6.94. The van der Waals surface area contributed by atoms with E-state index in [0.29, 0.717) is 23.2 Å². The van der Waals surface area contributed by atoms with E-state index in [2.05, 4.69) is 10.4 Å². The number of aromatic nitrogens is 2. The zero-order chi connectivity index (χ0) is 19.7. The minimum Gasteiger partial charge on any atom is -0.321 e. The Kier molecular flexibility index (Phi) is 4.45. The summed E-state index contributed by atoms with van der Waals surface area (Å²) >= 11 is 0. The Labute approximate surface area is 162 Å². The van der Waals surface area contributed by atoms with E-state index in [9.17, 15) is 13.2 Å². The second-order valence-electron chi connectivity index (χ2n) is 6.51. The van der Waals surface area contributed by atoms with Gasteiger partial charge in [-0.2, -0.15) is 10.4 Å². The molecule has 8 heteroatoms. The van der Waals surface area contributed by atoms with Gasteiger partial charge in [0.1, 0.15) is 0 Å². The number of nitrogens with zero attached hydrogens (tertiary/aromatic N) is 3. The molecule has 4 rings (SSSR count). The van der Waals surface area contributed by atoms with Crippen LogP contribution in [-0.2, 0) is 22.0 Å². The van der Waals surface area contributed by atoms with Crippen LogP contribution in [-0.4, -0.2) is 29.9 Å². The van der Waals surface area contributed by atoms with Gasteiger partial charge < -0.3 is 5.32 Å². The molecule has 0 aliphatic carbocycles. The fourth-order valence-corrected chi connectivity index (χ4v) is 4.61. The highest BCUT2D eigenvalue weighted by atomic mass is 32.2. The van der Waals surface area contributed by atoms with Crippen LogP contribution in [0.1, 0.15) is 27.3 Å². The summed E-state index contributed by atoms with van der Waals surface area (Å²) < 4.78 is 26.0. The van der Waals surface area contributed by atoms with E-state index >= 15 is 0 Å². The maximum Gasteiger partial charge on any atom is 0.276 e. The smallest absolute Gasteiger partial charge is 0.276 e. The van der Waals surface area contributed by atoms with Gasteiger partial charge in [-0.25, -0.2) is 13.1 Å². The number of sulfone groups is 1. The molecule has 1 aliphatic rings. The molecule has 0 saturated carbocycles. The summed E-state index contributed by atoms with van der Waals surface area (Å²) in [6.07, 6.45) is 0.309. The number of amides is 1. The monoisotopic (exact) mass is 392 g/mol. The lowest BCUT2D eigenvalue weighted by molar-refractivity contribution is 0.102. The molecule has 140 valence electrons. The van der Waals surface area contributed by atoms with E-state index in [1.54, 1.807) is 28.9 Å². The van der Waals surface area contributed by atoms with Gasteiger partial charge in [0.05, 0.1) is 34.5 Å². The van der Waals surface area contributed by atoms with Crippen molar-refractivity contribution in [3.05, 3.63) is 77.1 Å². The number of nitriles is 1. The largest absolute Gasteiger partial charge is 0.321 e. The normalized spacial score (nSPS) is 14.7. The number of anilines is 1. The SMILES string of the molecule is N#Cc1ccc(NC(=O)c2nn(-c3ccccc3)c3c2CS(=O)(=O)CC3)cc1. The van der Waals surface area contributed by atoms with E-state index in [0.717, 1.165) is 11.4 Å². The maximum atomic E-state index is 12.8. The molecular weight excluding hydrogens is 376 g/mol. The Morgan fingerprint density at radius 2 is 1.82 bits per heavy atom. The van der Waals surface area contributed by atoms with Crippen molar-refractivity contribution >= 4 is 21.4 Å². The molecule has 1 aromatic heterocycles. The van der Waals surface area contributed by atoms with Crippen LogP contribution >= 0.6 is 0 Å². The molecule has 2 heterocycles. The lowest BCUT2D eigenvalue weighted by Crippen LogP contribution is -2.22. The van der Waals surface area contributed by atoms with Crippen molar-refractivity contribution in [1.82, 2.24) is 9.78 Å². The molecule has 0 saturated heterocycles. The highest BCUT2D eigenvalue weighted by Gasteiger charge is 2.31. The van der Waals surface area contributed by atoms with Gasteiger partial charge in [0.2, 0.25) is 0 Å². The highest BCUT2D eigenvalue weighted by Crippen LogP contribution is 2.27. The molecule has 1 aliphatic heterocycles. The first kappa shape index (κ1) is 17.9. The number of carbonyl (C=O) groups excluding carboxylic acids is 1. The Bertz CT molecular complexity index is 1190. The lowest BCUT2D eigenvalue weighted by Gasteiger charge is -2.15. The molecule has 0 unspecified atom stereocenters. The van der Waals surface area contributed by atoms with Crippen LogP contribution in [0.2, 0.25) is 0 Å². The Morgan fingerprint density at radius 1 is 1.11 bits per heavy atom. The average Bonchev–Trinajstić information content (AvgIpc) is 3.07.